The topological polar surface area (TPSA) is 46.0 Å². The number of aromatic nitrogens is 2. The van der Waals surface area contributed by atoms with Crippen LogP contribution in [0.1, 0.15) is 17.1 Å². The summed E-state index contributed by atoms with van der Waals surface area (Å²) in [7, 11) is 0. The number of aliphatic hydroxyl groups is 1. The predicted molar refractivity (Wildman–Crippen MR) is 43.4 cm³/mol. The van der Waals surface area contributed by atoms with E-state index in [1.165, 1.54) is 6.92 Å². The van der Waals surface area contributed by atoms with Crippen LogP contribution in [0.25, 0.3) is 5.76 Å². The first-order valence-electron chi connectivity index (χ1n) is 3.61. The van der Waals surface area contributed by atoms with Crippen LogP contribution < -0.4 is 0 Å². The third-order valence-corrected chi connectivity index (χ3v) is 1.49. The number of halogens is 3. The smallest absolute Gasteiger partial charge is 0.434 e. The molecule has 0 atom stereocenters. The van der Waals surface area contributed by atoms with Gasteiger partial charge in [0.25, 0.3) is 0 Å². The van der Waals surface area contributed by atoms with Gasteiger partial charge in [-0.25, -0.2) is 9.97 Å². The summed E-state index contributed by atoms with van der Waals surface area (Å²) in [5, 5.41) is 8.88. The van der Waals surface area contributed by atoms with Gasteiger partial charge in [0.15, 0.2) is 5.69 Å². The summed E-state index contributed by atoms with van der Waals surface area (Å²) in [5.74, 6) is -0.709. The van der Waals surface area contributed by atoms with Gasteiger partial charge in [0.2, 0.25) is 0 Å². The lowest BCUT2D eigenvalue weighted by Gasteiger charge is -2.10. The van der Waals surface area contributed by atoms with Crippen molar-refractivity contribution in [3.05, 3.63) is 29.9 Å². The Bertz CT molecular complexity index is 373. The fourth-order valence-electron chi connectivity index (χ4n) is 0.897. The minimum absolute atomic E-state index is 0.0117. The Morgan fingerprint density at radius 2 is 2.07 bits per heavy atom. The summed E-state index contributed by atoms with van der Waals surface area (Å²) in [5.41, 5.74) is -1.67. The van der Waals surface area contributed by atoms with Crippen molar-refractivity contribution in [1.29, 1.82) is 0 Å². The maximum absolute atomic E-state index is 12.3. The molecule has 76 valence electrons. The molecule has 0 unspecified atom stereocenters. The molecular weight excluding hydrogens is 197 g/mol. The zero-order valence-corrected chi connectivity index (χ0v) is 7.26. The summed E-state index contributed by atoms with van der Waals surface area (Å²) < 4.78 is 37.0. The first kappa shape index (κ1) is 10.5. The molecule has 0 spiro atoms. The molecule has 1 rings (SSSR count). The number of aryl methyl sites for hydroxylation is 1. The van der Waals surface area contributed by atoms with E-state index in [1.54, 1.807) is 0 Å². The number of rotatable bonds is 1. The molecular formula is C8H7F3N2O. The molecule has 0 saturated heterocycles. The Morgan fingerprint density at radius 3 is 2.50 bits per heavy atom. The minimum atomic E-state index is -4.62. The second-order valence-corrected chi connectivity index (χ2v) is 2.62. The molecule has 0 amide bonds. The van der Waals surface area contributed by atoms with Crippen LogP contribution >= 0.6 is 0 Å². The molecule has 0 radical (unpaired) electrons. The Labute approximate surface area is 77.9 Å². The molecule has 0 aliphatic rings. The van der Waals surface area contributed by atoms with Crippen molar-refractivity contribution in [2.45, 2.75) is 13.1 Å². The van der Waals surface area contributed by atoms with E-state index in [2.05, 4.69) is 16.5 Å². The van der Waals surface area contributed by atoms with E-state index in [1.807, 2.05) is 0 Å². The molecule has 6 heteroatoms. The lowest BCUT2D eigenvalue weighted by Crippen LogP contribution is -2.13. The van der Waals surface area contributed by atoms with Crippen LogP contribution in [0.5, 0.6) is 0 Å². The second kappa shape index (κ2) is 3.28. The highest BCUT2D eigenvalue weighted by Gasteiger charge is 2.36. The monoisotopic (exact) mass is 204 g/mol. The van der Waals surface area contributed by atoms with E-state index < -0.39 is 23.2 Å². The molecule has 0 saturated carbocycles. The molecule has 1 aromatic heterocycles. The van der Waals surface area contributed by atoms with E-state index >= 15 is 0 Å². The van der Waals surface area contributed by atoms with Crippen LogP contribution in [-0.4, -0.2) is 15.1 Å². The van der Waals surface area contributed by atoms with Gasteiger partial charge in [-0.2, -0.15) is 13.2 Å². The maximum atomic E-state index is 12.3. The molecule has 0 aliphatic carbocycles. The van der Waals surface area contributed by atoms with E-state index in [0.29, 0.717) is 0 Å². The minimum Gasteiger partial charge on any atom is -0.508 e. The van der Waals surface area contributed by atoms with Crippen molar-refractivity contribution in [2.75, 3.05) is 0 Å². The van der Waals surface area contributed by atoms with Crippen molar-refractivity contribution in [3.63, 3.8) is 0 Å². The fraction of sp³-hybridized carbons (Fsp3) is 0.250. The van der Waals surface area contributed by atoms with E-state index in [0.717, 1.165) is 6.20 Å². The first-order chi connectivity index (χ1) is 6.32. The molecule has 1 aromatic rings. The normalized spacial score (nSPS) is 11.4. The number of nitrogens with zero attached hydrogens (tertiary/aromatic N) is 2. The Morgan fingerprint density at radius 1 is 1.50 bits per heavy atom. The van der Waals surface area contributed by atoms with E-state index in [4.69, 9.17) is 5.11 Å². The summed E-state index contributed by atoms with van der Waals surface area (Å²) in [6.45, 7) is 4.34. The van der Waals surface area contributed by atoms with Crippen LogP contribution in [0, 0.1) is 6.92 Å². The summed E-state index contributed by atoms with van der Waals surface area (Å²) in [4.78, 5) is 6.75. The maximum Gasteiger partial charge on any atom is 0.434 e. The van der Waals surface area contributed by atoms with Crippen molar-refractivity contribution < 1.29 is 18.3 Å². The van der Waals surface area contributed by atoms with Gasteiger partial charge >= 0.3 is 6.18 Å². The summed E-state index contributed by atoms with van der Waals surface area (Å²) in [6, 6.07) is 0. The number of hydrogen-bond donors (Lipinski definition) is 1. The van der Waals surface area contributed by atoms with Crippen molar-refractivity contribution in [3.8, 4) is 0 Å². The Hall–Kier alpha value is -1.59. The number of hydrogen-bond acceptors (Lipinski definition) is 3. The van der Waals surface area contributed by atoms with Gasteiger partial charge in [-0.05, 0) is 6.92 Å². The highest BCUT2D eigenvalue weighted by Crippen LogP contribution is 2.31. The SMILES string of the molecule is C=C(O)c1cnc(C)nc1C(F)(F)F. The van der Waals surface area contributed by atoms with Crippen LogP contribution in [0.3, 0.4) is 0 Å². The third-order valence-electron chi connectivity index (χ3n) is 1.49. The first-order valence-corrected chi connectivity index (χ1v) is 3.61. The van der Waals surface area contributed by atoms with Crippen LogP contribution in [0.4, 0.5) is 13.2 Å². The standard InChI is InChI=1S/C8H7F3N2O/c1-4(14)6-3-12-5(2)13-7(6)8(9,10)11/h3,14H,1H2,2H3. The molecule has 0 fully saturated rings. The van der Waals surface area contributed by atoms with Gasteiger partial charge in [0.05, 0.1) is 5.56 Å². The molecule has 1 N–H and O–H groups in total. The van der Waals surface area contributed by atoms with Gasteiger partial charge in [0, 0.05) is 6.20 Å². The van der Waals surface area contributed by atoms with Gasteiger partial charge in [-0.1, -0.05) is 6.58 Å². The quantitative estimate of drug-likeness (QED) is 0.714. The van der Waals surface area contributed by atoms with Gasteiger partial charge in [-0.3, -0.25) is 0 Å². The average Bonchev–Trinajstić information content (AvgIpc) is 2.01. The molecule has 3 nitrogen and oxygen atoms in total. The Kier molecular flexibility index (Phi) is 2.46. The zero-order valence-electron chi connectivity index (χ0n) is 7.26. The van der Waals surface area contributed by atoms with Crippen LogP contribution in [0.2, 0.25) is 0 Å². The lowest BCUT2D eigenvalue weighted by atomic mass is 10.2. The molecule has 1 heterocycles. The van der Waals surface area contributed by atoms with Gasteiger partial charge in [0.1, 0.15) is 11.6 Å². The van der Waals surface area contributed by atoms with Crippen molar-refractivity contribution >= 4 is 5.76 Å². The van der Waals surface area contributed by atoms with Crippen molar-refractivity contribution in [2.24, 2.45) is 0 Å². The summed E-state index contributed by atoms with van der Waals surface area (Å²) >= 11 is 0. The third kappa shape index (κ3) is 2.01. The molecule has 0 aliphatic heterocycles. The van der Waals surface area contributed by atoms with Crippen molar-refractivity contribution in [1.82, 2.24) is 9.97 Å². The number of alkyl halides is 3. The Balaban J connectivity index is 3.38. The molecule has 14 heavy (non-hydrogen) atoms. The van der Waals surface area contributed by atoms with E-state index in [9.17, 15) is 13.2 Å². The number of aliphatic hydroxyl groups excluding tert-OH is 1. The predicted octanol–water partition coefficient (Wildman–Crippen LogP) is 2.33. The largest absolute Gasteiger partial charge is 0.508 e. The second-order valence-electron chi connectivity index (χ2n) is 2.62. The van der Waals surface area contributed by atoms with Crippen LogP contribution in [-0.2, 0) is 6.18 Å². The lowest BCUT2D eigenvalue weighted by molar-refractivity contribution is -0.141. The summed E-state index contributed by atoms with van der Waals surface area (Å²) in [6.07, 6.45) is -3.72. The fourth-order valence-corrected chi connectivity index (χ4v) is 0.897. The zero-order chi connectivity index (χ0) is 10.9. The molecule has 0 aromatic carbocycles. The molecule has 0 bridgehead atoms. The average molecular weight is 204 g/mol. The highest BCUT2D eigenvalue weighted by atomic mass is 19.4. The highest BCUT2D eigenvalue weighted by molar-refractivity contribution is 5.57. The van der Waals surface area contributed by atoms with E-state index in [-0.39, 0.29) is 5.82 Å². The van der Waals surface area contributed by atoms with Gasteiger partial charge < -0.3 is 5.11 Å². The van der Waals surface area contributed by atoms with Gasteiger partial charge in [-0.15, -0.1) is 0 Å². The van der Waals surface area contributed by atoms with Crippen LogP contribution in [0.15, 0.2) is 12.8 Å².